The van der Waals surface area contributed by atoms with E-state index in [2.05, 4.69) is 39.7 Å². The van der Waals surface area contributed by atoms with E-state index in [1.54, 1.807) is 36.3 Å². The monoisotopic (exact) mass is 384 g/mol. The van der Waals surface area contributed by atoms with Gasteiger partial charge < -0.3 is 10.1 Å². The Hall–Kier alpha value is -3.93. The molecule has 1 amide bonds. The maximum absolute atomic E-state index is 12.6. The number of hydrogen-bond donors (Lipinski definition) is 1. The summed E-state index contributed by atoms with van der Waals surface area (Å²) in [4.78, 5) is 16.9. The van der Waals surface area contributed by atoms with Crippen LogP contribution in [0.2, 0.25) is 0 Å². The van der Waals surface area contributed by atoms with Gasteiger partial charge in [-0.25, -0.2) is 9.67 Å². The van der Waals surface area contributed by atoms with Crippen LogP contribution in [0, 0.1) is 0 Å². The van der Waals surface area contributed by atoms with Crippen molar-refractivity contribution in [2.75, 3.05) is 7.11 Å². The van der Waals surface area contributed by atoms with Crippen LogP contribution in [0.25, 0.3) is 16.9 Å². The average molecular weight is 384 g/mol. The van der Waals surface area contributed by atoms with Crippen LogP contribution in [0.1, 0.15) is 15.9 Å². The zero-order valence-corrected chi connectivity index (χ0v) is 15.9. The lowest BCUT2D eigenvalue weighted by molar-refractivity contribution is 0.0950. The normalized spacial score (nSPS) is 10.5. The standard InChI is InChI=1S/C23H20N4O2/c1-29-21-14-20(16-24-22(21)27-12-6-11-26-27)23(28)25-15-17-7-5-10-19(13-17)18-8-3-2-4-9-18/h2-14,16H,15H2,1H3,(H,25,28). The number of rotatable bonds is 6. The fourth-order valence-electron chi connectivity index (χ4n) is 3.05. The highest BCUT2D eigenvalue weighted by Gasteiger charge is 2.13. The van der Waals surface area contributed by atoms with E-state index < -0.39 is 0 Å². The van der Waals surface area contributed by atoms with Gasteiger partial charge in [-0.1, -0.05) is 48.5 Å². The summed E-state index contributed by atoms with van der Waals surface area (Å²) < 4.78 is 6.98. The summed E-state index contributed by atoms with van der Waals surface area (Å²) in [5.74, 6) is 0.796. The number of nitrogens with one attached hydrogen (secondary N) is 1. The predicted molar refractivity (Wildman–Crippen MR) is 111 cm³/mol. The van der Waals surface area contributed by atoms with Crippen LogP contribution in [0.4, 0.5) is 0 Å². The lowest BCUT2D eigenvalue weighted by Gasteiger charge is -2.11. The molecule has 0 spiro atoms. The molecule has 2 heterocycles. The van der Waals surface area contributed by atoms with Gasteiger partial charge in [-0.15, -0.1) is 0 Å². The maximum Gasteiger partial charge on any atom is 0.253 e. The van der Waals surface area contributed by atoms with Crippen molar-refractivity contribution in [1.82, 2.24) is 20.1 Å². The SMILES string of the molecule is COc1cc(C(=O)NCc2cccc(-c3ccccc3)c2)cnc1-n1cccn1. The van der Waals surface area contributed by atoms with E-state index in [1.165, 1.54) is 6.20 Å². The van der Waals surface area contributed by atoms with Crippen LogP contribution in [0.3, 0.4) is 0 Å². The molecule has 0 aliphatic heterocycles. The number of aromatic nitrogens is 3. The third kappa shape index (κ3) is 4.16. The first-order valence-electron chi connectivity index (χ1n) is 9.21. The number of hydrogen-bond acceptors (Lipinski definition) is 4. The highest BCUT2D eigenvalue weighted by atomic mass is 16.5. The molecule has 0 saturated heterocycles. The molecule has 0 radical (unpaired) electrons. The number of pyridine rings is 1. The van der Waals surface area contributed by atoms with Gasteiger partial charge in [0.2, 0.25) is 0 Å². The van der Waals surface area contributed by atoms with E-state index in [0.717, 1.165) is 16.7 Å². The summed E-state index contributed by atoms with van der Waals surface area (Å²) in [7, 11) is 1.54. The van der Waals surface area contributed by atoms with E-state index in [1.807, 2.05) is 30.3 Å². The first kappa shape index (κ1) is 18.4. The molecule has 144 valence electrons. The van der Waals surface area contributed by atoms with Crippen LogP contribution in [0.15, 0.2) is 85.3 Å². The molecule has 0 atom stereocenters. The average Bonchev–Trinajstić information content (AvgIpc) is 3.32. The number of nitrogens with zero attached hydrogens (tertiary/aromatic N) is 3. The van der Waals surface area contributed by atoms with Gasteiger partial charge in [0.05, 0.1) is 12.7 Å². The second-order valence-corrected chi connectivity index (χ2v) is 6.45. The fraction of sp³-hybridized carbons (Fsp3) is 0.0870. The molecule has 29 heavy (non-hydrogen) atoms. The van der Waals surface area contributed by atoms with Crippen LogP contribution in [0.5, 0.6) is 5.75 Å². The Morgan fingerprint density at radius 1 is 1.03 bits per heavy atom. The van der Waals surface area contributed by atoms with Crippen LogP contribution < -0.4 is 10.1 Å². The summed E-state index contributed by atoms with van der Waals surface area (Å²) in [5.41, 5.74) is 3.71. The van der Waals surface area contributed by atoms with Crippen LogP contribution >= 0.6 is 0 Å². The summed E-state index contributed by atoms with van der Waals surface area (Å²) in [6, 6.07) is 21.7. The van der Waals surface area contributed by atoms with Crippen molar-refractivity contribution in [2.24, 2.45) is 0 Å². The summed E-state index contributed by atoms with van der Waals surface area (Å²) >= 11 is 0. The van der Waals surface area contributed by atoms with Crippen molar-refractivity contribution in [3.63, 3.8) is 0 Å². The van der Waals surface area contributed by atoms with Gasteiger partial charge in [-0.05, 0) is 34.9 Å². The summed E-state index contributed by atoms with van der Waals surface area (Å²) in [6.45, 7) is 0.419. The molecular formula is C23H20N4O2. The largest absolute Gasteiger partial charge is 0.493 e. The van der Waals surface area contributed by atoms with E-state index in [-0.39, 0.29) is 5.91 Å². The van der Waals surface area contributed by atoms with Gasteiger partial charge in [0.25, 0.3) is 5.91 Å². The first-order chi connectivity index (χ1) is 14.2. The zero-order valence-electron chi connectivity index (χ0n) is 15.9. The molecule has 2 aromatic heterocycles. The van der Waals surface area contributed by atoms with E-state index in [0.29, 0.717) is 23.7 Å². The number of ether oxygens (including phenoxy) is 1. The molecule has 6 heteroatoms. The number of carbonyl (C=O) groups excluding carboxylic acids is 1. The van der Waals surface area contributed by atoms with Crippen molar-refractivity contribution in [3.8, 4) is 22.7 Å². The van der Waals surface area contributed by atoms with Gasteiger partial charge in [0.15, 0.2) is 11.6 Å². The molecule has 4 aromatic rings. The van der Waals surface area contributed by atoms with Crippen LogP contribution in [-0.2, 0) is 6.54 Å². The minimum atomic E-state index is -0.215. The molecule has 0 unspecified atom stereocenters. The molecule has 2 aromatic carbocycles. The Labute approximate surface area is 168 Å². The molecule has 4 rings (SSSR count). The molecule has 6 nitrogen and oxygen atoms in total. The molecule has 0 saturated carbocycles. The van der Waals surface area contributed by atoms with Crippen molar-refractivity contribution in [3.05, 3.63) is 96.4 Å². The van der Waals surface area contributed by atoms with Gasteiger partial charge in [0, 0.05) is 25.1 Å². The first-order valence-corrected chi connectivity index (χ1v) is 9.21. The molecule has 0 aliphatic rings. The smallest absolute Gasteiger partial charge is 0.253 e. The fourth-order valence-corrected chi connectivity index (χ4v) is 3.05. The van der Waals surface area contributed by atoms with Gasteiger partial charge in [0.1, 0.15) is 0 Å². The van der Waals surface area contributed by atoms with Gasteiger partial charge in [-0.2, -0.15) is 5.10 Å². The molecular weight excluding hydrogens is 364 g/mol. The number of benzene rings is 2. The molecule has 0 bridgehead atoms. The Balaban J connectivity index is 1.48. The summed E-state index contributed by atoms with van der Waals surface area (Å²) in [5, 5.41) is 7.09. The predicted octanol–water partition coefficient (Wildman–Crippen LogP) is 3.87. The van der Waals surface area contributed by atoms with Gasteiger partial charge in [-0.3, -0.25) is 4.79 Å². The highest BCUT2D eigenvalue weighted by Crippen LogP contribution is 2.22. The van der Waals surface area contributed by atoms with Crippen LogP contribution in [-0.4, -0.2) is 27.8 Å². The summed E-state index contributed by atoms with van der Waals surface area (Å²) in [6.07, 6.45) is 4.95. The quantitative estimate of drug-likeness (QED) is 0.548. The second-order valence-electron chi connectivity index (χ2n) is 6.45. The second kappa shape index (κ2) is 8.39. The van der Waals surface area contributed by atoms with Crippen molar-refractivity contribution >= 4 is 5.91 Å². The Bertz CT molecular complexity index is 1110. The van der Waals surface area contributed by atoms with Crippen molar-refractivity contribution < 1.29 is 9.53 Å². The number of carbonyl (C=O) groups is 1. The number of methoxy groups -OCH3 is 1. The third-order valence-corrected chi connectivity index (χ3v) is 4.52. The minimum absolute atomic E-state index is 0.215. The Morgan fingerprint density at radius 3 is 2.62 bits per heavy atom. The maximum atomic E-state index is 12.6. The van der Waals surface area contributed by atoms with Crippen molar-refractivity contribution in [2.45, 2.75) is 6.54 Å². The molecule has 0 aliphatic carbocycles. The van der Waals surface area contributed by atoms with Crippen molar-refractivity contribution in [1.29, 1.82) is 0 Å². The zero-order chi connectivity index (χ0) is 20.1. The van der Waals surface area contributed by atoms with Gasteiger partial charge >= 0.3 is 0 Å². The highest BCUT2D eigenvalue weighted by molar-refractivity contribution is 5.94. The third-order valence-electron chi connectivity index (χ3n) is 4.52. The topological polar surface area (TPSA) is 69.0 Å². The lowest BCUT2D eigenvalue weighted by atomic mass is 10.0. The molecule has 1 N–H and O–H groups in total. The number of amides is 1. The minimum Gasteiger partial charge on any atom is -0.493 e. The van der Waals surface area contributed by atoms with E-state index in [9.17, 15) is 4.79 Å². The Kier molecular flexibility index (Phi) is 5.33. The van der Waals surface area contributed by atoms with E-state index >= 15 is 0 Å². The Morgan fingerprint density at radius 2 is 1.86 bits per heavy atom. The van der Waals surface area contributed by atoms with E-state index in [4.69, 9.17) is 4.74 Å². The lowest BCUT2D eigenvalue weighted by Crippen LogP contribution is -2.23. The molecule has 0 fully saturated rings.